The zero-order chi connectivity index (χ0) is 12.4. The van der Waals surface area contributed by atoms with Gasteiger partial charge in [-0.2, -0.15) is 0 Å². The molecular formula is C12H9Br2FN2. The predicted molar refractivity (Wildman–Crippen MR) is 74.1 cm³/mol. The first kappa shape index (κ1) is 12.5. The number of benzene rings is 1. The third-order valence-corrected chi connectivity index (χ3v) is 3.55. The molecule has 88 valence electrons. The van der Waals surface area contributed by atoms with Gasteiger partial charge < -0.3 is 5.32 Å². The Morgan fingerprint density at radius 2 is 1.94 bits per heavy atom. The smallest absolute Gasteiger partial charge is 0.137 e. The maximum atomic E-state index is 13.3. The summed E-state index contributed by atoms with van der Waals surface area (Å²) in [6, 6.07) is 5.06. The second-order valence-corrected chi connectivity index (χ2v) is 5.27. The zero-order valence-corrected chi connectivity index (χ0v) is 12.1. The van der Waals surface area contributed by atoms with Crippen molar-refractivity contribution >= 4 is 43.2 Å². The molecule has 17 heavy (non-hydrogen) atoms. The summed E-state index contributed by atoms with van der Waals surface area (Å²) in [7, 11) is 0. The molecule has 0 radical (unpaired) electrons. The molecule has 0 aliphatic heterocycles. The highest BCUT2D eigenvalue weighted by Gasteiger charge is 2.06. The summed E-state index contributed by atoms with van der Waals surface area (Å²) in [6.07, 6.45) is 3.40. The summed E-state index contributed by atoms with van der Waals surface area (Å²) in [5.41, 5.74) is 2.58. The molecule has 2 nitrogen and oxygen atoms in total. The van der Waals surface area contributed by atoms with Crippen LogP contribution in [-0.2, 0) is 0 Å². The van der Waals surface area contributed by atoms with E-state index in [1.165, 1.54) is 6.07 Å². The van der Waals surface area contributed by atoms with Crippen LogP contribution in [-0.4, -0.2) is 4.98 Å². The topological polar surface area (TPSA) is 24.9 Å². The Morgan fingerprint density at radius 3 is 2.65 bits per heavy atom. The van der Waals surface area contributed by atoms with Crippen molar-refractivity contribution in [2.75, 3.05) is 5.32 Å². The number of aromatic nitrogens is 1. The Bertz CT molecular complexity index is 558. The van der Waals surface area contributed by atoms with Crippen molar-refractivity contribution in [1.29, 1.82) is 0 Å². The van der Waals surface area contributed by atoms with Crippen molar-refractivity contribution in [1.82, 2.24) is 4.98 Å². The van der Waals surface area contributed by atoms with Gasteiger partial charge in [0.1, 0.15) is 5.82 Å². The molecule has 0 saturated heterocycles. The number of aryl methyl sites for hydroxylation is 1. The maximum Gasteiger partial charge on any atom is 0.137 e. The Kier molecular flexibility index (Phi) is 3.79. The van der Waals surface area contributed by atoms with E-state index in [4.69, 9.17) is 0 Å². The number of rotatable bonds is 2. The van der Waals surface area contributed by atoms with Gasteiger partial charge in [0, 0.05) is 18.1 Å². The van der Waals surface area contributed by atoms with Gasteiger partial charge in [-0.1, -0.05) is 0 Å². The third kappa shape index (κ3) is 2.84. The summed E-state index contributed by atoms with van der Waals surface area (Å²) < 4.78 is 14.6. The fourth-order valence-electron chi connectivity index (χ4n) is 1.40. The van der Waals surface area contributed by atoms with E-state index in [-0.39, 0.29) is 5.82 Å². The van der Waals surface area contributed by atoms with Crippen molar-refractivity contribution in [3.05, 3.63) is 50.9 Å². The summed E-state index contributed by atoms with van der Waals surface area (Å²) in [4.78, 5) is 3.98. The van der Waals surface area contributed by atoms with Crippen LogP contribution in [0, 0.1) is 12.7 Å². The molecule has 0 unspecified atom stereocenters. The number of anilines is 2. The Morgan fingerprint density at radius 1 is 1.18 bits per heavy atom. The van der Waals surface area contributed by atoms with E-state index in [2.05, 4.69) is 42.2 Å². The van der Waals surface area contributed by atoms with Gasteiger partial charge in [0.25, 0.3) is 0 Å². The van der Waals surface area contributed by atoms with Crippen molar-refractivity contribution in [2.24, 2.45) is 0 Å². The molecule has 1 heterocycles. The van der Waals surface area contributed by atoms with Gasteiger partial charge in [0.05, 0.1) is 14.6 Å². The number of pyridine rings is 1. The molecule has 0 saturated carbocycles. The van der Waals surface area contributed by atoms with Crippen molar-refractivity contribution in [3.8, 4) is 0 Å². The molecule has 0 spiro atoms. The molecule has 0 bridgehead atoms. The summed E-state index contributed by atoms with van der Waals surface area (Å²) >= 11 is 6.57. The van der Waals surface area contributed by atoms with Gasteiger partial charge in [-0.25, -0.2) is 4.39 Å². The van der Waals surface area contributed by atoms with Gasteiger partial charge in [-0.3, -0.25) is 4.98 Å². The quantitative estimate of drug-likeness (QED) is 0.833. The van der Waals surface area contributed by atoms with Gasteiger partial charge >= 0.3 is 0 Å². The van der Waals surface area contributed by atoms with Crippen LogP contribution in [0.1, 0.15) is 5.56 Å². The first-order chi connectivity index (χ1) is 8.08. The van der Waals surface area contributed by atoms with Crippen LogP contribution in [0.4, 0.5) is 15.8 Å². The Balaban J connectivity index is 2.37. The number of nitrogens with zero attached hydrogens (tertiary/aromatic N) is 1. The van der Waals surface area contributed by atoms with E-state index in [0.29, 0.717) is 4.47 Å². The second kappa shape index (κ2) is 5.14. The maximum absolute atomic E-state index is 13.3. The van der Waals surface area contributed by atoms with Gasteiger partial charge in [0.15, 0.2) is 0 Å². The first-order valence-corrected chi connectivity index (χ1v) is 6.48. The molecule has 1 aromatic heterocycles. The van der Waals surface area contributed by atoms with E-state index in [1.807, 2.05) is 13.0 Å². The van der Waals surface area contributed by atoms with Crippen LogP contribution in [0.3, 0.4) is 0 Å². The summed E-state index contributed by atoms with van der Waals surface area (Å²) in [5.74, 6) is -0.262. The van der Waals surface area contributed by atoms with E-state index in [0.717, 1.165) is 21.4 Å². The average molecular weight is 360 g/mol. The van der Waals surface area contributed by atoms with Crippen molar-refractivity contribution in [3.63, 3.8) is 0 Å². The first-order valence-electron chi connectivity index (χ1n) is 4.90. The minimum atomic E-state index is -0.262. The van der Waals surface area contributed by atoms with Crippen molar-refractivity contribution in [2.45, 2.75) is 6.92 Å². The van der Waals surface area contributed by atoms with E-state index in [1.54, 1.807) is 18.5 Å². The highest BCUT2D eigenvalue weighted by Crippen LogP contribution is 2.29. The highest BCUT2D eigenvalue weighted by atomic mass is 79.9. The molecule has 1 N–H and O–H groups in total. The van der Waals surface area contributed by atoms with Crippen LogP contribution in [0.2, 0.25) is 0 Å². The fourth-order valence-corrected chi connectivity index (χ4v) is 2.10. The average Bonchev–Trinajstić information content (AvgIpc) is 2.29. The fraction of sp³-hybridized carbons (Fsp3) is 0.0833. The minimum Gasteiger partial charge on any atom is -0.354 e. The molecule has 1 aromatic carbocycles. The normalized spacial score (nSPS) is 10.4. The molecular weight excluding hydrogens is 351 g/mol. The Hall–Kier alpha value is -0.940. The molecule has 0 fully saturated rings. The minimum absolute atomic E-state index is 0.262. The standard InChI is InChI=1S/C12H9Br2FN2/c1-7-4-10(15)8(13)5-12(7)17-11-2-3-16-6-9(11)14/h2-6H,1H3,(H,16,17). The van der Waals surface area contributed by atoms with E-state index < -0.39 is 0 Å². The van der Waals surface area contributed by atoms with Crippen LogP contribution < -0.4 is 5.32 Å². The lowest BCUT2D eigenvalue weighted by atomic mass is 10.2. The van der Waals surface area contributed by atoms with Crippen LogP contribution >= 0.6 is 31.9 Å². The largest absolute Gasteiger partial charge is 0.354 e. The molecule has 5 heteroatoms. The van der Waals surface area contributed by atoms with Crippen LogP contribution in [0.5, 0.6) is 0 Å². The van der Waals surface area contributed by atoms with Crippen LogP contribution in [0.15, 0.2) is 39.5 Å². The lowest BCUT2D eigenvalue weighted by molar-refractivity contribution is 0.620. The highest BCUT2D eigenvalue weighted by molar-refractivity contribution is 9.10. The number of nitrogens with one attached hydrogen (secondary N) is 1. The van der Waals surface area contributed by atoms with Crippen LogP contribution in [0.25, 0.3) is 0 Å². The zero-order valence-electron chi connectivity index (χ0n) is 8.97. The molecule has 0 aliphatic rings. The van der Waals surface area contributed by atoms with Gasteiger partial charge in [-0.15, -0.1) is 0 Å². The van der Waals surface area contributed by atoms with E-state index in [9.17, 15) is 4.39 Å². The number of hydrogen-bond acceptors (Lipinski definition) is 2. The lowest BCUT2D eigenvalue weighted by Gasteiger charge is -2.11. The van der Waals surface area contributed by atoms with Gasteiger partial charge in [0.2, 0.25) is 0 Å². The molecule has 0 aliphatic carbocycles. The number of hydrogen-bond donors (Lipinski definition) is 1. The predicted octanol–water partition coefficient (Wildman–Crippen LogP) is 4.80. The number of halogens is 3. The van der Waals surface area contributed by atoms with E-state index >= 15 is 0 Å². The summed E-state index contributed by atoms with van der Waals surface area (Å²) in [6.45, 7) is 1.85. The molecule has 2 aromatic rings. The molecule has 0 amide bonds. The monoisotopic (exact) mass is 358 g/mol. The summed E-state index contributed by atoms with van der Waals surface area (Å²) in [5, 5.41) is 3.22. The van der Waals surface area contributed by atoms with Crippen molar-refractivity contribution < 1.29 is 4.39 Å². The SMILES string of the molecule is Cc1cc(F)c(Br)cc1Nc1ccncc1Br. The van der Waals surface area contributed by atoms with Gasteiger partial charge in [-0.05, 0) is 62.5 Å². The lowest BCUT2D eigenvalue weighted by Crippen LogP contribution is -1.95. The third-order valence-electron chi connectivity index (χ3n) is 2.31. The second-order valence-electron chi connectivity index (χ2n) is 3.56. The molecule has 0 atom stereocenters. The molecule has 2 rings (SSSR count). The Labute approximate surface area is 116 Å².